The fourth-order valence-corrected chi connectivity index (χ4v) is 1.98. The molecule has 0 aromatic heterocycles. The van der Waals surface area contributed by atoms with Crippen LogP contribution in [0, 0.1) is 5.92 Å². The Morgan fingerprint density at radius 3 is 2.13 bits per heavy atom. The van der Waals surface area contributed by atoms with E-state index in [1.54, 1.807) is 0 Å². The van der Waals surface area contributed by atoms with Gasteiger partial charge in [-0.2, -0.15) is 0 Å². The molecule has 1 unspecified atom stereocenters. The van der Waals surface area contributed by atoms with E-state index in [4.69, 9.17) is 0 Å². The molecule has 0 aromatic carbocycles. The minimum atomic E-state index is 0.962. The molecule has 1 N–H and O–H groups in total. The Balaban J connectivity index is 3.22. The van der Waals surface area contributed by atoms with Gasteiger partial charge in [0.15, 0.2) is 0 Å². The van der Waals surface area contributed by atoms with Crippen molar-refractivity contribution in [3.63, 3.8) is 0 Å². The van der Waals surface area contributed by atoms with Crippen molar-refractivity contribution in [1.29, 1.82) is 0 Å². The molecule has 0 amide bonds. The van der Waals surface area contributed by atoms with Crippen molar-refractivity contribution in [2.45, 2.75) is 72.1 Å². The summed E-state index contributed by atoms with van der Waals surface area (Å²) in [6, 6.07) is 0. The van der Waals surface area contributed by atoms with E-state index in [-0.39, 0.29) is 0 Å². The zero-order valence-corrected chi connectivity index (χ0v) is 11.1. The van der Waals surface area contributed by atoms with Crippen molar-refractivity contribution >= 4 is 0 Å². The van der Waals surface area contributed by atoms with Crippen LogP contribution in [-0.4, -0.2) is 13.1 Å². The normalized spacial score (nSPS) is 13.0. The second-order valence-electron chi connectivity index (χ2n) is 4.66. The number of hydrogen-bond acceptors (Lipinski definition) is 1. The highest BCUT2D eigenvalue weighted by atomic mass is 14.8. The van der Waals surface area contributed by atoms with E-state index < -0.39 is 0 Å². The third-order valence-corrected chi connectivity index (χ3v) is 3.23. The molecule has 0 saturated carbocycles. The third kappa shape index (κ3) is 10.2. The molecule has 0 aliphatic rings. The van der Waals surface area contributed by atoms with Gasteiger partial charge in [0, 0.05) is 0 Å². The van der Waals surface area contributed by atoms with Gasteiger partial charge in [0.2, 0.25) is 0 Å². The Hall–Kier alpha value is -0.0400. The number of hydrogen-bond donors (Lipinski definition) is 1. The maximum Gasteiger partial charge on any atom is -0.00463 e. The smallest absolute Gasteiger partial charge is 0.00463 e. The van der Waals surface area contributed by atoms with Gasteiger partial charge in [-0.1, -0.05) is 59.3 Å². The summed E-state index contributed by atoms with van der Waals surface area (Å²) in [5, 5.41) is 3.56. The number of rotatable bonds is 11. The van der Waals surface area contributed by atoms with Crippen LogP contribution >= 0.6 is 0 Å². The molecule has 92 valence electrons. The lowest BCUT2D eigenvalue weighted by atomic mass is 9.96. The maximum absolute atomic E-state index is 3.56. The van der Waals surface area contributed by atoms with Crippen LogP contribution in [0.15, 0.2) is 0 Å². The van der Waals surface area contributed by atoms with Crippen LogP contribution in [0.4, 0.5) is 0 Å². The molecule has 15 heavy (non-hydrogen) atoms. The summed E-state index contributed by atoms with van der Waals surface area (Å²) in [5.74, 6) is 0.962. The summed E-state index contributed by atoms with van der Waals surface area (Å²) in [5.41, 5.74) is 0. The number of nitrogens with one attached hydrogen (secondary N) is 1. The van der Waals surface area contributed by atoms with Crippen LogP contribution in [0.2, 0.25) is 0 Å². The third-order valence-electron chi connectivity index (χ3n) is 3.23. The number of unbranched alkanes of at least 4 members (excludes halogenated alkanes) is 3. The summed E-state index contributed by atoms with van der Waals surface area (Å²) < 4.78 is 0. The molecule has 1 nitrogen and oxygen atoms in total. The van der Waals surface area contributed by atoms with Gasteiger partial charge >= 0.3 is 0 Å². The first-order valence-electron chi connectivity index (χ1n) is 7.05. The van der Waals surface area contributed by atoms with Gasteiger partial charge in [-0.25, -0.2) is 0 Å². The molecule has 1 atom stereocenters. The Labute approximate surface area is 97.0 Å². The van der Waals surface area contributed by atoms with Gasteiger partial charge in [0.05, 0.1) is 0 Å². The Bertz CT molecular complexity index is 112. The zero-order valence-electron chi connectivity index (χ0n) is 11.1. The van der Waals surface area contributed by atoms with Gasteiger partial charge in [-0.3, -0.25) is 0 Å². The van der Waals surface area contributed by atoms with Crippen molar-refractivity contribution in [2.75, 3.05) is 13.1 Å². The minimum Gasteiger partial charge on any atom is -0.317 e. The second kappa shape index (κ2) is 12.0. The van der Waals surface area contributed by atoms with Gasteiger partial charge < -0.3 is 5.32 Å². The Kier molecular flexibility index (Phi) is 12.0. The molecule has 0 fully saturated rings. The molecular formula is C14H31N. The van der Waals surface area contributed by atoms with Crippen molar-refractivity contribution in [3.05, 3.63) is 0 Å². The van der Waals surface area contributed by atoms with Crippen LogP contribution < -0.4 is 5.32 Å². The van der Waals surface area contributed by atoms with E-state index in [1.165, 1.54) is 64.5 Å². The molecule has 0 aliphatic heterocycles. The molecule has 0 spiro atoms. The summed E-state index contributed by atoms with van der Waals surface area (Å²) in [6.45, 7) is 9.33. The molecule has 0 radical (unpaired) electrons. The predicted molar refractivity (Wildman–Crippen MR) is 70.3 cm³/mol. The van der Waals surface area contributed by atoms with Crippen molar-refractivity contribution < 1.29 is 0 Å². The quantitative estimate of drug-likeness (QED) is 0.502. The van der Waals surface area contributed by atoms with Crippen molar-refractivity contribution in [3.8, 4) is 0 Å². The Morgan fingerprint density at radius 1 is 0.800 bits per heavy atom. The minimum absolute atomic E-state index is 0.962. The van der Waals surface area contributed by atoms with E-state index in [0.29, 0.717) is 0 Å². The van der Waals surface area contributed by atoms with Gasteiger partial charge in [-0.15, -0.1) is 0 Å². The summed E-state index contributed by atoms with van der Waals surface area (Å²) in [6.07, 6.45) is 11.0. The van der Waals surface area contributed by atoms with E-state index in [0.717, 1.165) is 5.92 Å². The van der Waals surface area contributed by atoms with E-state index in [2.05, 4.69) is 26.1 Å². The SMILES string of the molecule is CCCCCNCCC(CC)CCCC. The topological polar surface area (TPSA) is 12.0 Å². The average molecular weight is 213 g/mol. The molecule has 0 aliphatic carbocycles. The highest BCUT2D eigenvalue weighted by Gasteiger charge is 2.04. The molecule has 0 rings (SSSR count). The zero-order chi connectivity index (χ0) is 11.4. The highest BCUT2D eigenvalue weighted by Crippen LogP contribution is 2.15. The fourth-order valence-electron chi connectivity index (χ4n) is 1.98. The van der Waals surface area contributed by atoms with Crippen LogP contribution in [0.1, 0.15) is 72.1 Å². The summed E-state index contributed by atoms with van der Waals surface area (Å²) in [4.78, 5) is 0. The van der Waals surface area contributed by atoms with Crippen molar-refractivity contribution in [1.82, 2.24) is 5.32 Å². The standard InChI is InChI=1S/C14H31N/c1-4-7-9-12-15-13-11-14(6-3)10-8-5-2/h14-15H,4-13H2,1-3H3. The van der Waals surface area contributed by atoms with Gasteiger partial charge in [0.25, 0.3) is 0 Å². The largest absolute Gasteiger partial charge is 0.317 e. The lowest BCUT2D eigenvalue weighted by Gasteiger charge is -2.14. The van der Waals surface area contributed by atoms with E-state index in [1.807, 2.05) is 0 Å². The molecule has 0 heterocycles. The fraction of sp³-hybridized carbons (Fsp3) is 1.00. The van der Waals surface area contributed by atoms with Crippen LogP contribution in [0.25, 0.3) is 0 Å². The predicted octanol–water partition coefficient (Wildman–Crippen LogP) is 4.37. The Morgan fingerprint density at radius 2 is 1.53 bits per heavy atom. The first-order chi connectivity index (χ1) is 7.35. The van der Waals surface area contributed by atoms with E-state index >= 15 is 0 Å². The molecule has 0 aromatic rings. The van der Waals surface area contributed by atoms with Crippen LogP contribution in [-0.2, 0) is 0 Å². The first kappa shape index (κ1) is 15.0. The monoisotopic (exact) mass is 213 g/mol. The average Bonchev–Trinajstić information content (AvgIpc) is 2.27. The molecule has 0 bridgehead atoms. The molecular weight excluding hydrogens is 182 g/mol. The van der Waals surface area contributed by atoms with Crippen molar-refractivity contribution in [2.24, 2.45) is 5.92 Å². The lowest BCUT2D eigenvalue weighted by molar-refractivity contribution is 0.408. The second-order valence-corrected chi connectivity index (χ2v) is 4.66. The van der Waals surface area contributed by atoms with E-state index in [9.17, 15) is 0 Å². The highest BCUT2D eigenvalue weighted by molar-refractivity contribution is 4.59. The summed E-state index contributed by atoms with van der Waals surface area (Å²) in [7, 11) is 0. The molecule has 1 heteroatoms. The summed E-state index contributed by atoms with van der Waals surface area (Å²) >= 11 is 0. The van der Waals surface area contributed by atoms with Gasteiger partial charge in [-0.05, 0) is 31.8 Å². The van der Waals surface area contributed by atoms with Gasteiger partial charge in [0.1, 0.15) is 0 Å². The lowest BCUT2D eigenvalue weighted by Crippen LogP contribution is -2.19. The first-order valence-corrected chi connectivity index (χ1v) is 7.05. The van der Waals surface area contributed by atoms with Crippen LogP contribution in [0.5, 0.6) is 0 Å². The maximum atomic E-state index is 3.56. The van der Waals surface area contributed by atoms with Crippen LogP contribution in [0.3, 0.4) is 0 Å². The molecule has 0 saturated heterocycles.